The molecule has 23 heavy (non-hydrogen) atoms. The average molecular weight is 306 g/mol. The summed E-state index contributed by atoms with van der Waals surface area (Å²) in [6, 6.07) is 19.6. The molecule has 0 bridgehead atoms. The van der Waals surface area contributed by atoms with Crippen molar-refractivity contribution in [2.24, 2.45) is 0 Å². The molecule has 0 N–H and O–H groups in total. The Balaban J connectivity index is 1.63. The third kappa shape index (κ3) is 2.66. The van der Waals surface area contributed by atoms with Crippen LogP contribution in [0.15, 0.2) is 54.6 Å². The largest absolute Gasteiger partial charge is 0.372 e. The Bertz CT molecular complexity index is 655. The molecule has 2 heteroatoms. The van der Waals surface area contributed by atoms with Crippen molar-refractivity contribution in [3.05, 3.63) is 54.6 Å². The molecule has 0 aliphatic carbocycles. The quantitative estimate of drug-likeness (QED) is 0.825. The Labute approximate surface area is 139 Å². The first-order valence-electron chi connectivity index (χ1n) is 8.89. The van der Waals surface area contributed by atoms with Crippen LogP contribution in [0.25, 0.3) is 11.1 Å². The lowest BCUT2D eigenvalue weighted by Crippen LogP contribution is -2.47. The number of benzene rings is 2. The van der Waals surface area contributed by atoms with E-state index in [4.69, 9.17) is 0 Å². The molecule has 0 saturated carbocycles. The third-order valence-electron chi connectivity index (χ3n) is 5.74. The van der Waals surface area contributed by atoms with Crippen molar-refractivity contribution in [1.29, 1.82) is 0 Å². The van der Waals surface area contributed by atoms with Crippen LogP contribution in [-0.4, -0.2) is 37.1 Å². The van der Waals surface area contributed by atoms with Crippen LogP contribution >= 0.6 is 0 Å². The van der Waals surface area contributed by atoms with Crippen molar-refractivity contribution >= 4 is 5.69 Å². The molecule has 120 valence electrons. The topological polar surface area (TPSA) is 6.48 Å². The number of nitrogens with zero attached hydrogens (tertiary/aromatic N) is 2. The van der Waals surface area contributed by atoms with Gasteiger partial charge in [-0.1, -0.05) is 48.5 Å². The maximum absolute atomic E-state index is 2.74. The maximum atomic E-state index is 2.74. The molecule has 4 rings (SSSR count). The fourth-order valence-electron chi connectivity index (χ4n) is 4.68. The van der Waals surface area contributed by atoms with Crippen molar-refractivity contribution < 1.29 is 0 Å². The molecule has 2 heterocycles. The van der Waals surface area contributed by atoms with Gasteiger partial charge in [-0.05, 0) is 50.4 Å². The van der Waals surface area contributed by atoms with Gasteiger partial charge in [-0.2, -0.15) is 0 Å². The highest BCUT2D eigenvalue weighted by atomic mass is 15.3. The Morgan fingerprint density at radius 2 is 1.57 bits per heavy atom. The predicted octanol–water partition coefficient (Wildman–Crippen LogP) is 4.42. The van der Waals surface area contributed by atoms with Crippen LogP contribution in [0, 0.1) is 0 Å². The van der Waals surface area contributed by atoms with Crippen molar-refractivity contribution in [1.82, 2.24) is 4.90 Å². The predicted molar refractivity (Wildman–Crippen MR) is 97.9 cm³/mol. The number of likely N-dealkylation sites (N-methyl/N-ethyl adjacent to an activating group) is 1. The zero-order valence-electron chi connectivity index (χ0n) is 14.0. The minimum absolute atomic E-state index is 0.429. The van der Waals surface area contributed by atoms with Gasteiger partial charge < -0.3 is 4.90 Å². The summed E-state index contributed by atoms with van der Waals surface area (Å²) in [4.78, 5) is 5.24. The summed E-state index contributed by atoms with van der Waals surface area (Å²) in [7, 11) is 2.27. The molecule has 0 atom stereocenters. The van der Waals surface area contributed by atoms with E-state index < -0.39 is 0 Å². The minimum atomic E-state index is 0.429. The van der Waals surface area contributed by atoms with Gasteiger partial charge in [-0.3, -0.25) is 4.90 Å². The number of hydrogen-bond donors (Lipinski definition) is 0. The maximum Gasteiger partial charge on any atom is 0.0443 e. The van der Waals surface area contributed by atoms with E-state index >= 15 is 0 Å². The molecular formula is C21H26N2. The summed E-state index contributed by atoms with van der Waals surface area (Å²) in [5, 5.41) is 0. The van der Waals surface area contributed by atoms with E-state index in [1.54, 1.807) is 0 Å². The molecule has 0 amide bonds. The molecule has 2 aromatic carbocycles. The zero-order chi connectivity index (χ0) is 15.7. The second-order valence-electron chi connectivity index (χ2n) is 7.16. The van der Waals surface area contributed by atoms with Crippen molar-refractivity contribution in [2.45, 2.75) is 31.2 Å². The summed E-state index contributed by atoms with van der Waals surface area (Å²) in [6.07, 6.45) is 5.47. The smallest absolute Gasteiger partial charge is 0.0443 e. The summed E-state index contributed by atoms with van der Waals surface area (Å²) in [5.74, 6) is 0. The standard InChI is InChI=1S/C21H26N2/c1-22(17-21-13-7-15-23(21)16-8-14-21)20-12-6-5-11-19(20)18-9-3-2-4-10-18/h2-6,9-12H,7-8,13-17H2,1H3. The monoisotopic (exact) mass is 306 g/mol. The fraction of sp³-hybridized carbons (Fsp3) is 0.429. The molecule has 2 saturated heterocycles. The van der Waals surface area contributed by atoms with Crippen molar-refractivity contribution in [3.8, 4) is 11.1 Å². The van der Waals surface area contributed by atoms with Gasteiger partial charge in [0.2, 0.25) is 0 Å². The van der Waals surface area contributed by atoms with E-state index in [-0.39, 0.29) is 0 Å². The van der Waals surface area contributed by atoms with Crippen molar-refractivity contribution in [2.75, 3.05) is 31.6 Å². The lowest BCUT2D eigenvalue weighted by atomic mass is 9.92. The second-order valence-corrected chi connectivity index (χ2v) is 7.16. The van der Waals surface area contributed by atoms with Gasteiger partial charge in [-0.25, -0.2) is 0 Å². The van der Waals surface area contributed by atoms with Crippen LogP contribution < -0.4 is 4.90 Å². The molecule has 0 unspecified atom stereocenters. The molecular weight excluding hydrogens is 280 g/mol. The number of para-hydroxylation sites is 1. The molecule has 2 fully saturated rings. The van der Waals surface area contributed by atoms with E-state index in [0.29, 0.717) is 5.54 Å². The van der Waals surface area contributed by atoms with Gasteiger partial charge in [0.1, 0.15) is 0 Å². The Morgan fingerprint density at radius 1 is 0.913 bits per heavy atom. The Hall–Kier alpha value is -1.80. The van der Waals surface area contributed by atoms with Crippen LogP contribution in [0.1, 0.15) is 25.7 Å². The number of rotatable bonds is 4. The van der Waals surface area contributed by atoms with Gasteiger partial charge in [-0.15, -0.1) is 0 Å². The van der Waals surface area contributed by atoms with Crippen LogP contribution in [-0.2, 0) is 0 Å². The Morgan fingerprint density at radius 3 is 2.30 bits per heavy atom. The molecule has 0 spiro atoms. The molecule has 0 radical (unpaired) electrons. The lowest BCUT2D eigenvalue weighted by Gasteiger charge is -2.37. The highest BCUT2D eigenvalue weighted by Crippen LogP contribution is 2.40. The Kier molecular flexibility index (Phi) is 3.86. The van der Waals surface area contributed by atoms with E-state index in [2.05, 4.69) is 71.4 Å². The van der Waals surface area contributed by atoms with E-state index in [1.165, 1.54) is 55.6 Å². The highest BCUT2D eigenvalue weighted by Gasteiger charge is 2.44. The van der Waals surface area contributed by atoms with Crippen LogP contribution in [0.4, 0.5) is 5.69 Å². The molecule has 2 aliphatic heterocycles. The van der Waals surface area contributed by atoms with Crippen LogP contribution in [0.3, 0.4) is 0 Å². The van der Waals surface area contributed by atoms with Gasteiger partial charge in [0.05, 0.1) is 0 Å². The summed E-state index contributed by atoms with van der Waals surface area (Å²) in [5.41, 5.74) is 4.43. The molecule has 2 aromatic rings. The summed E-state index contributed by atoms with van der Waals surface area (Å²) >= 11 is 0. The summed E-state index contributed by atoms with van der Waals surface area (Å²) < 4.78 is 0. The van der Waals surface area contributed by atoms with Gasteiger partial charge >= 0.3 is 0 Å². The van der Waals surface area contributed by atoms with Crippen LogP contribution in [0.5, 0.6) is 0 Å². The number of anilines is 1. The molecule has 0 aromatic heterocycles. The minimum Gasteiger partial charge on any atom is -0.372 e. The summed E-state index contributed by atoms with van der Waals surface area (Å²) in [6.45, 7) is 3.75. The fourth-order valence-corrected chi connectivity index (χ4v) is 4.68. The zero-order valence-corrected chi connectivity index (χ0v) is 14.0. The SMILES string of the molecule is CN(CC12CCCN1CCC2)c1ccccc1-c1ccccc1. The molecule has 2 nitrogen and oxygen atoms in total. The van der Waals surface area contributed by atoms with Gasteiger partial charge in [0, 0.05) is 30.4 Å². The third-order valence-corrected chi connectivity index (χ3v) is 5.74. The normalized spacial score (nSPS) is 19.7. The second kappa shape index (κ2) is 6.01. The van der Waals surface area contributed by atoms with Gasteiger partial charge in [0.25, 0.3) is 0 Å². The van der Waals surface area contributed by atoms with E-state index in [0.717, 1.165) is 6.54 Å². The van der Waals surface area contributed by atoms with Crippen LogP contribution in [0.2, 0.25) is 0 Å². The number of fused-ring (bicyclic) bond motifs is 1. The first-order valence-corrected chi connectivity index (χ1v) is 8.89. The average Bonchev–Trinajstić information content (AvgIpc) is 3.15. The molecule has 2 aliphatic rings. The van der Waals surface area contributed by atoms with Gasteiger partial charge in [0.15, 0.2) is 0 Å². The first-order chi connectivity index (χ1) is 11.3. The van der Waals surface area contributed by atoms with E-state index in [9.17, 15) is 0 Å². The number of hydrogen-bond acceptors (Lipinski definition) is 2. The van der Waals surface area contributed by atoms with E-state index in [1.807, 2.05) is 0 Å². The first kappa shape index (κ1) is 14.8. The lowest BCUT2D eigenvalue weighted by molar-refractivity contribution is 0.202. The van der Waals surface area contributed by atoms with Crippen molar-refractivity contribution in [3.63, 3.8) is 0 Å². The highest BCUT2D eigenvalue weighted by molar-refractivity contribution is 5.78.